The summed E-state index contributed by atoms with van der Waals surface area (Å²) in [6.07, 6.45) is 4.48. The molecule has 0 bridgehead atoms. The van der Waals surface area contributed by atoms with Crippen molar-refractivity contribution in [2.24, 2.45) is 0 Å². The third kappa shape index (κ3) is 2.59. The maximum Gasteiger partial charge on any atom is 0.146 e. The van der Waals surface area contributed by atoms with E-state index >= 15 is 0 Å². The van der Waals surface area contributed by atoms with Crippen LogP contribution in [0.1, 0.15) is 32.5 Å². The van der Waals surface area contributed by atoms with Crippen molar-refractivity contribution in [1.82, 2.24) is 20.1 Å². The molecular weight excluding hydrogens is 204 g/mol. The van der Waals surface area contributed by atoms with Crippen LogP contribution < -0.4 is 5.32 Å². The van der Waals surface area contributed by atoms with E-state index in [1.165, 1.54) is 0 Å². The van der Waals surface area contributed by atoms with Crippen LogP contribution in [0.15, 0.2) is 6.33 Å². The second-order valence-corrected chi connectivity index (χ2v) is 4.16. The van der Waals surface area contributed by atoms with E-state index in [1.54, 1.807) is 6.33 Å². The van der Waals surface area contributed by atoms with Crippen molar-refractivity contribution in [3.05, 3.63) is 12.2 Å². The van der Waals surface area contributed by atoms with Crippen LogP contribution in [0.25, 0.3) is 0 Å². The van der Waals surface area contributed by atoms with Crippen LogP contribution in [0.5, 0.6) is 0 Å². The zero-order valence-electron chi connectivity index (χ0n) is 10.0. The van der Waals surface area contributed by atoms with E-state index in [4.69, 9.17) is 4.74 Å². The van der Waals surface area contributed by atoms with Gasteiger partial charge in [-0.3, -0.25) is 0 Å². The fourth-order valence-electron chi connectivity index (χ4n) is 2.02. The van der Waals surface area contributed by atoms with E-state index in [2.05, 4.69) is 27.0 Å². The lowest BCUT2D eigenvalue weighted by molar-refractivity contribution is -0.0104. The number of aromatic nitrogens is 3. The van der Waals surface area contributed by atoms with Crippen molar-refractivity contribution in [1.29, 1.82) is 0 Å². The normalized spacial score (nSPS) is 24.4. The fourth-order valence-corrected chi connectivity index (χ4v) is 2.02. The van der Waals surface area contributed by atoms with Crippen LogP contribution in [0.2, 0.25) is 0 Å². The first kappa shape index (κ1) is 11.5. The Hall–Kier alpha value is -0.940. The number of aryl methyl sites for hydroxylation is 1. The summed E-state index contributed by atoms with van der Waals surface area (Å²) in [5, 5.41) is 11.5. The Bertz CT molecular complexity index is 320. The Balaban J connectivity index is 1.69. The third-order valence-electron chi connectivity index (χ3n) is 3.08. The first-order chi connectivity index (χ1) is 7.83. The lowest BCUT2D eigenvalue weighted by atomic mass is 9.89. The predicted molar refractivity (Wildman–Crippen MR) is 61.0 cm³/mol. The summed E-state index contributed by atoms with van der Waals surface area (Å²) in [5.74, 6) is 1.02. The molecule has 2 rings (SSSR count). The highest BCUT2D eigenvalue weighted by Crippen LogP contribution is 2.23. The SMILES string of the molecule is CCOC1CC(NCc2nncn2CC)C1. The van der Waals surface area contributed by atoms with Gasteiger partial charge >= 0.3 is 0 Å². The van der Waals surface area contributed by atoms with Gasteiger partial charge in [-0.2, -0.15) is 0 Å². The Kier molecular flexibility index (Phi) is 3.90. The minimum atomic E-state index is 0.464. The van der Waals surface area contributed by atoms with Gasteiger partial charge in [0.05, 0.1) is 12.6 Å². The molecule has 5 heteroatoms. The zero-order chi connectivity index (χ0) is 11.4. The molecule has 90 valence electrons. The largest absolute Gasteiger partial charge is 0.378 e. The highest BCUT2D eigenvalue weighted by atomic mass is 16.5. The highest BCUT2D eigenvalue weighted by molar-refractivity contribution is 4.90. The first-order valence-electron chi connectivity index (χ1n) is 6.05. The molecule has 0 unspecified atom stereocenters. The summed E-state index contributed by atoms with van der Waals surface area (Å²) in [6, 6.07) is 0.582. The molecule has 16 heavy (non-hydrogen) atoms. The Morgan fingerprint density at radius 2 is 2.31 bits per heavy atom. The van der Waals surface area contributed by atoms with Crippen molar-refractivity contribution < 1.29 is 4.74 Å². The van der Waals surface area contributed by atoms with Gasteiger partial charge in [-0.1, -0.05) is 0 Å². The van der Waals surface area contributed by atoms with Gasteiger partial charge in [-0.25, -0.2) is 0 Å². The molecular formula is C11H20N4O. The van der Waals surface area contributed by atoms with Crippen molar-refractivity contribution >= 4 is 0 Å². The van der Waals surface area contributed by atoms with Crippen molar-refractivity contribution in [2.75, 3.05) is 6.61 Å². The number of rotatable bonds is 6. The van der Waals surface area contributed by atoms with Crippen molar-refractivity contribution in [2.45, 2.75) is 51.9 Å². The Morgan fingerprint density at radius 1 is 1.50 bits per heavy atom. The molecule has 1 aliphatic rings. The quantitative estimate of drug-likeness (QED) is 0.782. The minimum Gasteiger partial charge on any atom is -0.378 e. The summed E-state index contributed by atoms with van der Waals surface area (Å²) < 4.78 is 7.58. The van der Waals surface area contributed by atoms with E-state index in [1.807, 2.05) is 6.92 Å². The topological polar surface area (TPSA) is 52.0 Å². The van der Waals surface area contributed by atoms with Gasteiger partial charge in [-0.05, 0) is 26.7 Å². The van der Waals surface area contributed by atoms with E-state index < -0.39 is 0 Å². The summed E-state index contributed by atoms with van der Waals surface area (Å²) in [5.41, 5.74) is 0. The second kappa shape index (κ2) is 5.41. The average Bonchev–Trinajstić information content (AvgIpc) is 2.68. The molecule has 1 saturated carbocycles. The van der Waals surface area contributed by atoms with Crippen LogP contribution in [0, 0.1) is 0 Å². The Morgan fingerprint density at radius 3 is 3.00 bits per heavy atom. The van der Waals surface area contributed by atoms with Gasteiger partial charge < -0.3 is 14.6 Å². The van der Waals surface area contributed by atoms with Crippen molar-refractivity contribution in [3.63, 3.8) is 0 Å². The summed E-state index contributed by atoms with van der Waals surface area (Å²) >= 11 is 0. The maximum atomic E-state index is 5.52. The lowest BCUT2D eigenvalue weighted by Crippen LogP contribution is -2.45. The van der Waals surface area contributed by atoms with Gasteiger partial charge in [0, 0.05) is 19.2 Å². The summed E-state index contributed by atoms with van der Waals surface area (Å²) in [6.45, 7) is 6.70. The molecule has 1 aromatic heterocycles. The van der Waals surface area contributed by atoms with Crippen LogP contribution >= 0.6 is 0 Å². The lowest BCUT2D eigenvalue weighted by Gasteiger charge is -2.35. The summed E-state index contributed by atoms with van der Waals surface area (Å²) in [7, 11) is 0. The van der Waals surface area contributed by atoms with E-state index in [0.29, 0.717) is 12.1 Å². The molecule has 0 aromatic carbocycles. The van der Waals surface area contributed by atoms with Crippen molar-refractivity contribution in [3.8, 4) is 0 Å². The highest BCUT2D eigenvalue weighted by Gasteiger charge is 2.29. The molecule has 0 spiro atoms. The number of ether oxygens (including phenoxy) is 1. The van der Waals surface area contributed by atoms with Gasteiger partial charge in [0.1, 0.15) is 12.2 Å². The van der Waals surface area contributed by atoms with Gasteiger partial charge in [0.15, 0.2) is 0 Å². The van der Waals surface area contributed by atoms with E-state index in [0.717, 1.165) is 38.4 Å². The fraction of sp³-hybridized carbons (Fsp3) is 0.818. The molecule has 0 atom stereocenters. The molecule has 5 nitrogen and oxygen atoms in total. The van der Waals surface area contributed by atoms with Crippen LogP contribution in [0.4, 0.5) is 0 Å². The first-order valence-corrected chi connectivity index (χ1v) is 6.05. The molecule has 0 saturated heterocycles. The van der Waals surface area contributed by atoms with E-state index in [-0.39, 0.29) is 0 Å². The molecule has 1 aliphatic carbocycles. The minimum absolute atomic E-state index is 0.464. The number of nitrogens with zero attached hydrogens (tertiary/aromatic N) is 3. The van der Waals surface area contributed by atoms with Crippen LogP contribution in [0.3, 0.4) is 0 Å². The molecule has 0 amide bonds. The van der Waals surface area contributed by atoms with Gasteiger partial charge in [0.25, 0.3) is 0 Å². The molecule has 1 fully saturated rings. The number of nitrogens with one attached hydrogen (secondary N) is 1. The molecule has 1 heterocycles. The maximum absolute atomic E-state index is 5.52. The smallest absolute Gasteiger partial charge is 0.146 e. The number of hydrogen-bond acceptors (Lipinski definition) is 4. The predicted octanol–water partition coefficient (Wildman–Crippen LogP) is 0.955. The average molecular weight is 224 g/mol. The monoisotopic (exact) mass is 224 g/mol. The standard InChI is InChI=1S/C11H20N4O/c1-3-15-8-13-14-11(15)7-12-9-5-10(6-9)16-4-2/h8-10,12H,3-7H2,1-2H3. The van der Waals surface area contributed by atoms with Gasteiger partial charge in [0.2, 0.25) is 0 Å². The molecule has 1 aromatic rings. The second-order valence-electron chi connectivity index (χ2n) is 4.16. The summed E-state index contributed by atoms with van der Waals surface area (Å²) in [4.78, 5) is 0. The van der Waals surface area contributed by atoms with Crippen LogP contribution in [-0.2, 0) is 17.8 Å². The van der Waals surface area contributed by atoms with Crippen LogP contribution in [-0.4, -0.2) is 33.5 Å². The zero-order valence-corrected chi connectivity index (χ0v) is 10.0. The third-order valence-corrected chi connectivity index (χ3v) is 3.08. The van der Waals surface area contributed by atoms with Gasteiger partial charge in [-0.15, -0.1) is 10.2 Å². The molecule has 1 N–H and O–H groups in total. The number of hydrogen-bond donors (Lipinski definition) is 1. The molecule has 0 radical (unpaired) electrons. The molecule has 0 aliphatic heterocycles. The van der Waals surface area contributed by atoms with E-state index in [9.17, 15) is 0 Å². The Labute approximate surface area is 96.2 Å².